The highest BCUT2D eigenvalue weighted by molar-refractivity contribution is 7.98. The number of nitrogens with one attached hydrogen (secondary N) is 1. The first-order valence-corrected chi connectivity index (χ1v) is 8.63. The number of halogens is 1. The summed E-state index contributed by atoms with van der Waals surface area (Å²) in [5.74, 6) is -0.151. The summed E-state index contributed by atoms with van der Waals surface area (Å²) in [6.07, 6.45) is 1.88. The summed E-state index contributed by atoms with van der Waals surface area (Å²) < 4.78 is 13.8. The van der Waals surface area contributed by atoms with Gasteiger partial charge in [0.2, 0.25) is 0 Å². The lowest BCUT2D eigenvalue weighted by Gasteiger charge is -2.19. The van der Waals surface area contributed by atoms with Gasteiger partial charge in [0.1, 0.15) is 10.8 Å². The van der Waals surface area contributed by atoms with Crippen molar-refractivity contribution in [1.82, 2.24) is 10.3 Å². The zero-order valence-corrected chi connectivity index (χ0v) is 13.7. The highest BCUT2D eigenvalue weighted by Gasteiger charge is 2.15. The standard InChI is InChI=1S/C15H19FN2S2/c1-9-8-20-15(17-9)11(3)18-10(2)12-5-6-14(19-4)13(16)7-12/h5-8,10-11,18H,1-4H3/t10-,11-/m0/s1. The second kappa shape index (κ2) is 6.70. The average Bonchev–Trinajstić information content (AvgIpc) is 2.85. The van der Waals surface area contributed by atoms with Crippen LogP contribution in [0.5, 0.6) is 0 Å². The molecule has 2 nitrogen and oxygen atoms in total. The maximum absolute atomic E-state index is 13.8. The molecule has 2 atom stereocenters. The van der Waals surface area contributed by atoms with Crippen LogP contribution < -0.4 is 5.32 Å². The number of rotatable bonds is 5. The van der Waals surface area contributed by atoms with E-state index in [-0.39, 0.29) is 17.9 Å². The van der Waals surface area contributed by atoms with Crippen LogP contribution in [0.3, 0.4) is 0 Å². The fraction of sp³-hybridized carbons (Fsp3) is 0.400. The number of hydrogen-bond donors (Lipinski definition) is 1. The van der Waals surface area contributed by atoms with Crippen molar-refractivity contribution in [3.8, 4) is 0 Å². The van der Waals surface area contributed by atoms with Gasteiger partial charge in [0.05, 0.1) is 6.04 Å². The minimum Gasteiger partial charge on any atom is -0.302 e. The SMILES string of the molecule is CSc1ccc([C@H](C)N[C@@H](C)c2nc(C)cs2)cc1F. The van der Waals surface area contributed by atoms with Crippen LogP contribution in [-0.2, 0) is 0 Å². The van der Waals surface area contributed by atoms with Crippen molar-refractivity contribution < 1.29 is 4.39 Å². The largest absolute Gasteiger partial charge is 0.302 e. The van der Waals surface area contributed by atoms with Gasteiger partial charge in [-0.25, -0.2) is 9.37 Å². The van der Waals surface area contributed by atoms with Gasteiger partial charge in [0, 0.05) is 22.0 Å². The van der Waals surface area contributed by atoms with Crippen LogP contribution in [0.15, 0.2) is 28.5 Å². The number of thiazole rings is 1. The Hall–Kier alpha value is -0.910. The normalized spacial score (nSPS) is 14.2. The number of hydrogen-bond acceptors (Lipinski definition) is 4. The van der Waals surface area contributed by atoms with Crippen LogP contribution in [-0.4, -0.2) is 11.2 Å². The van der Waals surface area contributed by atoms with Crippen molar-refractivity contribution in [3.05, 3.63) is 45.7 Å². The quantitative estimate of drug-likeness (QED) is 0.809. The van der Waals surface area contributed by atoms with E-state index in [2.05, 4.69) is 17.2 Å². The molecule has 1 N–H and O–H groups in total. The lowest BCUT2D eigenvalue weighted by molar-refractivity contribution is 0.489. The molecule has 1 aromatic heterocycles. The van der Waals surface area contributed by atoms with E-state index < -0.39 is 0 Å². The van der Waals surface area contributed by atoms with Crippen molar-refractivity contribution in [2.45, 2.75) is 37.8 Å². The van der Waals surface area contributed by atoms with Gasteiger partial charge in [0.25, 0.3) is 0 Å². The number of nitrogens with zero attached hydrogens (tertiary/aromatic N) is 1. The lowest BCUT2D eigenvalue weighted by atomic mass is 10.1. The molecule has 0 fully saturated rings. The lowest BCUT2D eigenvalue weighted by Crippen LogP contribution is -2.22. The first-order chi connectivity index (χ1) is 9.51. The third-order valence-corrected chi connectivity index (χ3v) is 5.10. The van der Waals surface area contributed by atoms with Crippen LogP contribution >= 0.6 is 23.1 Å². The predicted octanol–water partition coefficient (Wildman–Crippen LogP) is 4.72. The number of thioether (sulfide) groups is 1. The molecule has 0 radical (unpaired) electrons. The fourth-order valence-corrected chi connectivity index (χ4v) is 3.34. The van der Waals surface area contributed by atoms with Gasteiger partial charge in [0.15, 0.2) is 0 Å². The first kappa shape index (κ1) is 15.5. The molecule has 0 amide bonds. The molecule has 20 heavy (non-hydrogen) atoms. The molecule has 108 valence electrons. The number of aromatic nitrogens is 1. The zero-order valence-electron chi connectivity index (χ0n) is 12.1. The summed E-state index contributed by atoms with van der Waals surface area (Å²) in [6.45, 7) is 6.12. The average molecular weight is 310 g/mol. The number of aryl methyl sites for hydroxylation is 1. The zero-order chi connectivity index (χ0) is 14.7. The summed E-state index contributed by atoms with van der Waals surface area (Å²) in [4.78, 5) is 5.17. The van der Waals surface area contributed by atoms with Gasteiger partial charge in [-0.2, -0.15) is 0 Å². The Labute approximate surface area is 127 Å². The Bertz CT molecular complexity index is 583. The minimum absolute atomic E-state index is 0.0830. The molecule has 0 aliphatic rings. The molecule has 2 rings (SSSR count). The second-order valence-electron chi connectivity index (χ2n) is 4.83. The Balaban J connectivity index is 2.07. The van der Waals surface area contributed by atoms with Crippen molar-refractivity contribution >= 4 is 23.1 Å². The second-order valence-corrected chi connectivity index (χ2v) is 6.57. The van der Waals surface area contributed by atoms with Crippen LogP contribution in [0.2, 0.25) is 0 Å². The van der Waals surface area contributed by atoms with E-state index in [1.165, 1.54) is 11.8 Å². The van der Waals surface area contributed by atoms with E-state index in [9.17, 15) is 4.39 Å². The van der Waals surface area contributed by atoms with Crippen molar-refractivity contribution in [1.29, 1.82) is 0 Å². The van der Waals surface area contributed by atoms with Crippen LogP contribution in [0.25, 0.3) is 0 Å². The van der Waals surface area contributed by atoms with Crippen molar-refractivity contribution in [2.75, 3.05) is 6.26 Å². The highest BCUT2D eigenvalue weighted by atomic mass is 32.2. The van der Waals surface area contributed by atoms with Gasteiger partial charge in [-0.1, -0.05) is 6.07 Å². The van der Waals surface area contributed by atoms with Crippen LogP contribution in [0, 0.1) is 12.7 Å². The molecule has 0 spiro atoms. The van der Waals surface area contributed by atoms with Crippen molar-refractivity contribution in [3.63, 3.8) is 0 Å². The maximum Gasteiger partial charge on any atom is 0.137 e. The first-order valence-electron chi connectivity index (χ1n) is 6.52. The van der Waals surface area contributed by atoms with E-state index in [0.717, 1.165) is 16.3 Å². The van der Waals surface area contributed by atoms with E-state index >= 15 is 0 Å². The van der Waals surface area contributed by atoms with Crippen molar-refractivity contribution in [2.24, 2.45) is 0 Å². The van der Waals surface area contributed by atoms with E-state index in [4.69, 9.17) is 0 Å². The monoisotopic (exact) mass is 310 g/mol. The fourth-order valence-electron chi connectivity index (χ4n) is 2.07. The minimum atomic E-state index is -0.151. The third kappa shape index (κ3) is 3.59. The molecular weight excluding hydrogens is 291 g/mol. The Kier molecular flexibility index (Phi) is 5.18. The molecule has 0 aliphatic heterocycles. The van der Waals surface area contributed by atoms with Gasteiger partial charge >= 0.3 is 0 Å². The topological polar surface area (TPSA) is 24.9 Å². The van der Waals surface area contributed by atoms with Gasteiger partial charge < -0.3 is 5.32 Å². The Morgan fingerprint density at radius 2 is 2.05 bits per heavy atom. The summed E-state index contributed by atoms with van der Waals surface area (Å²) in [5.41, 5.74) is 2.00. The molecule has 0 aliphatic carbocycles. The van der Waals surface area contributed by atoms with Crippen LogP contribution in [0.4, 0.5) is 4.39 Å². The molecule has 2 aromatic rings. The van der Waals surface area contributed by atoms with Gasteiger partial charge in [-0.15, -0.1) is 23.1 Å². The van der Waals surface area contributed by atoms with E-state index in [1.54, 1.807) is 17.4 Å². The molecule has 1 aromatic carbocycles. The summed E-state index contributed by atoms with van der Waals surface area (Å²) in [5, 5.41) is 6.58. The highest BCUT2D eigenvalue weighted by Crippen LogP contribution is 2.25. The number of benzene rings is 1. The smallest absolute Gasteiger partial charge is 0.137 e. The summed E-state index contributed by atoms with van der Waals surface area (Å²) in [6, 6.07) is 5.67. The van der Waals surface area contributed by atoms with Gasteiger partial charge in [-0.3, -0.25) is 0 Å². The van der Waals surface area contributed by atoms with Gasteiger partial charge in [-0.05, 0) is 44.7 Å². The van der Waals surface area contributed by atoms with Crippen LogP contribution in [0.1, 0.15) is 42.2 Å². The van der Waals surface area contributed by atoms with E-state index in [1.807, 2.05) is 37.6 Å². The molecule has 5 heteroatoms. The molecule has 0 saturated heterocycles. The predicted molar refractivity (Wildman–Crippen MR) is 85.0 cm³/mol. The molecule has 1 heterocycles. The third-order valence-electron chi connectivity index (χ3n) is 3.18. The molecular formula is C15H19FN2S2. The summed E-state index contributed by atoms with van der Waals surface area (Å²) >= 11 is 3.08. The Morgan fingerprint density at radius 1 is 1.30 bits per heavy atom. The molecule has 0 unspecified atom stereocenters. The van der Waals surface area contributed by atoms with E-state index in [0.29, 0.717) is 4.90 Å². The Morgan fingerprint density at radius 3 is 2.60 bits per heavy atom. The molecule has 0 bridgehead atoms. The summed E-state index contributed by atoms with van der Waals surface area (Å²) in [7, 11) is 0. The maximum atomic E-state index is 13.8. The molecule has 0 saturated carbocycles.